The second-order valence-corrected chi connectivity index (χ2v) is 4.65. The van der Waals surface area contributed by atoms with Crippen LogP contribution in [0.25, 0.3) is 0 Å². The van der Waals surface area contributed by atoms with Crippen molar-refractivity contribution in [3.05, 3.63) is 17.5 Å². The van der Waals surface area contributed by atoms with E-state index in [1.54, 1.807) is 0 Å². The van der Waals surface area contributed by atoms with Gasteiger partial charge in [0.15, 0.2) is 0 Å². The van der Waals surface area contributed by atoms with Gasteiger partial charge >= 0.3 is 0 Å². The molecule has 1 unspecified atom stereocenters. The summed E-state index contributed by atoms with van der Waals surface area (Å²) in [6.45, 7) is 1.72. The Balaban J connectivity index is 2.19. The number of nitrogens with two attached hydrogens (primary N) is 1. The van der Waals surface area contributed by atoms with Crippen LogP contribution in [0.3, 0.4) is 0 Å². The number of aryl methyl sites for hydroxylation is 1. The topological polar surface area (TPSA) is 73.3 Å². The van der Waals surface area contributed by atoms with E-state index in [1.165, 1.54) is 0 Å². The third-order valence-electron chi connectivity index (χ3n) is 3.33. The minimum atomic E-state index is -0.119. The quantitative estimate of drug-likeness (QED) is 0.811. The molecule has 1 fully saturated rings. The van der Waals surface area contributed by atoms with E-state index in [9.17, 15) is 0 Å². The van der Waals surface area contributed by atoms with Gasteiger partial charge in [0.05, 0.1) is 5.69 Å². The SMILES string of the molecule is Cn1cc(C(N)CCO)c(C2CCOCC2)n1. The normalized spacial score (nSPS) is 19.5. The predicted octanol–water partition coefficient (Wildman–Crippen LogP) is 0.696. The van der Waals surface area contributed by atoms with E-state index in [2.05, 4.69) is 5.10 Å². The van der Waals surface area contributed by atoms with Crippen LogP contribution in [0.2, 0.25) is 0 Å². The first-order chi connectivity index (χ1) is 8.22. The van der Waals surface area contributed by atoms with Crippen LogP contribution in [0.4, 0.5) is 0 Å². The van der Waals surface area contributed by atoms with Crippen molar-refractivity contribution >= 4 is 0 Å². The van der Waals surface area contributed by atoms with Crippen molar-refractivity contribution in [2.45, 2.75) is 31.2 Å². The van der Waals surface area contributed by atoms with Crippen LogP contribution in [-0.4, -0.2) is 34.7 Å². The van der Waals surface area contributed by atoms with E-state index in [4.69, 9.17) is 15.6 Å². The molecule has 3 N–H and O–H groups in total. The number of rotatable bonds is 4. The van der Waals surface area contributed by atoms with Gasteiger partial charge in [0.2, 0.25) is 0 Å². The van der Waals surface area contributed by atoms with Crippen LogP contribution in [0.1, 0.15) is 42.5 Å². The summed E-state index contributed by atoms with van der Waals surface area (Å²) in [5.41, 5.74) is 8.25. The van der Waals surface area contributed by atoms with Crippen molar-refractivity contribution in [1.29, 1.82) is 0 Å². The molecule has 0 aromatic carbocycles. The van der Waals surface area contributed by atoms with E-state index < -0.39 is 0 Å². The maximum atomic E-state index is 8.98. The summed E-state index contributed by atoms with van der Waals surface area (Å²) in [6.07, 6.45) is 4.58. The van der Waals surface area contributed by atoms with Crippen LogP contribution >= 0.6 is 0 Å². The molecule has 0 bridgehead atoms. The lowest BCUT2D eigenvalue weighted by Gasteiger charge is -2.22. The Morgan fingerprint density at radius 2 is 2.29 bits per heavy atom. The standard InChI is InChI=1S/C12H21N3O2/c1-15-8-10(11(13)2-5-16)12(14-15)9-3-6-17-7-4-9/h8-9,11,16H,2-7,13H2,1H3. The Kier molecular flexibility index (Phi) is 4.15. The molecular formula is C12H21N3O2. The fraction of sp³-hybridized carbons (Fsp3) is 0.750. The van der Waals surface area contributed by atoms with Gasteiger partial charge in [-0.1, -0.05) is 0 Å². The van der Waals surface area contributed by atoms with Crippen LogP contribution in [0.5, 0.6) is 0 Å². The Morgan fingerprint density at radius 3 is 2.94 bits per heavy atom. The number of aliphatic hydroxyl groups is 1. The summed E-state index contributed by atoms with van der Waals surface area (Å²) in [4.78, 5) is 0. The van der Waals surface area contributed by atoms with Gasteiger partial charge in [-0.3, -0.25) is 4.68 Å². The van der Waals surface area contributed by atoms with Crippen molar-refractivity contribution in [2.24, 2.45) is 12.8 Å². The molecule has 1 aromatic rings. The molecule has 0 aliphatic carbocycles. The zero-order valence-corrected chi connectivity index (χ0v) is 10.3. The number of aromatic nitrogens is 2. The van der Waals surface area contributed by atoms with Crippen molar-refractivity contribution in [3.63, 3.8) is 0 Å². The zero-order chi connectivity index (χ0) is 12.3. The predicted molar refractivity (Wildman–Crippen MR) is 64.6 cm³/mol. The fourth-order valence-electron chi connectivity index (χ4n) is 2.39. The molecule has 96 valence electrons. The Hall–Kier alpha value is -0.910. The maximum absolute atomic E-state index is 8.98. The van der Waals surface area contributed by atoms with E-state index in [1.807, 2.05) is 17.9 Å². The van der Waals surface area contributed by atoms with Gasteiger partial charge in [0.25, 0.3) is 0 Å². The molecule has 0 saturated carbocycles. The third kappa shape index (κ3) is 2.86. The first-order valence-electron chi connectivity index (χ1n) is 6.20. The van der Waals surface area contributed by atoms with E-state index in [0.29, 0.717) is 12.3 Å². The van der Waals surface area contributed by atoms with Gasteiger partial charge in [-0.25, -0.2) is 0 Å². The summed E-state index contributed by atoms with van der Waals surface area (Å²) in [6, 6.07) is -0.119. The average molecular weight is 239 g/mol. The van der Waals surface area contributed by atoms with Gasteiger partial charge in [0.1, 0.15) is 0 Å². The molecule has 5 heteroatoms. The number of nitrogens with zero attached hydrogens (tertiary/aromatic N) is 2. The van der Waals surface area contributed by atoms with Gasteiger partial charge < -0.3 is 15.6 Å². The third-order valence-corrected chi connectivity index (χ3v) is 3.33. The smallest absolute Gasteiger partial charge is 0.0704 e. The minimum absolute atomic E-state index is 0.114. The second-order valence-electron chi connectivity index (χ2n) is 4.65. The molecule has 1 aliphatic heterocycles. The fourth-order valence-corrected chi connectivity index (χ4v) is 2.39. The molecule has 1 aliphatic rings. The van der Waals surface area contributed by atoms with Gasteiger partial charge in [-0.05, 0) is 19.3 Å². The lowest BCUT2D eigenvalue weighted by atomic mass is 9.91. The number of hydrogen-bond donors (Lipinski definition) is 2. The molecule has 1 saturated heterocycles. The minimum Gasteiger partial charge on any atom is -0.396 e. The summed E-state index contributed by atoms with van der Waals surface area (Å²) in [5.74, 6) is 0.449. The molecule has 0 spiro atoms. The Bertz CT molecular complexity index is 359. The number of ether oxygens (including phenoxy) is 1. The lowest BCUT2D eigenvalue weighted by molar-refractivity contribution is 0.0841. The monoisotopic (exact) mass is 239 g/mol. The van der Waals surface area contributed by atoms with Crippen molar-refractivity contribution in [2.75, 3.05) is 19.8 Å². The van der Waals surface area contributed by atoms with E-state index in [-0.39, 0.29) is 12.6 Å². The highest BCUT2D eigenvalue weighted by Gasteiger charge is 2.24. The molecular weight excluding hydrogens is 218 g/mol. The van der Waals surface area contributed by atoms with E-state index in [0.717, 1.165) is 37.3 Å². The summed E-state index contributed by atoms with van der Waals surface area (Å²) in [5, 5.41) is 13.5. The Morgan fingerprint density at radius 1 is 1.59 bits per heavy atom. The maximum Gasteiger partial charge on any atom is 0.0704 e. The molecule has 1 aromatic heterocycles. The summed E-state index contributed by atoms with van der Waals surface area (Å²) >= 11 is 0. The molecule has 5 nitrogen and oxygen atoms in total. The first-order valence-corrected chi connectivity index (χ1v) is 6.20. The van der Waals surface area contributed by atoms with Gasteiger partial charge in [-0.15, -0.1) is 0 Å². The first kappa shape index (κ1) is 12.5. The van der Waals surface area contributed by atoms with Crippen LogP contribution in [-0.2, 0) is 11.8 Å². The average Bonchev–Trinajstić information content (AvgIpc) is 2.73. The molecule has 1 atom stereocenters. The molecule has 0 radical (unpaired) electrons. The van der Waals surface area contributed by atoms with Crippen LogP contribution < -0.4 is 5.73 Å². The summed E-state index contributed by atoms with van der Waals surface area (Å²) < 4.78 is 7.19. The largest absolute Gasteiger partial charge is 0.396 e. The highest BCUT2D eigenvalue weighted by atomic mass is 16.5. The van der Waals surface area contributed by atoms with Crippen LogP contribution in [0.15, 0.2) is 6.20 Å². The lowest BCUT2D eigenvalue weighted by Crippen LogP contribution is -2.19. The second kappa shape index (κ2) is 5.62. The van der Waals surface area contributed by atoms with Crippen molar-refractivity contribution < 1.29 is 9.84 Å². The molecule has 17 heavy (non-hydrogen) atoms. The highest BCUT2D eigenvalue weighted by molar-refractivity contribution is 5.25. The Labute approximate surface area is 102 Å². The molecule has 2 heterocycles. The number of hydrogen-bond acceptors (Lipinski definition) is 4. The van der Waals surface area contributed by atoms with Gasteiger partial charge in [-0.2, -0.15) is 5.10 Å². The number of aliphatic hydroxyl groups excluding tert-OH is 1. The van der Waals surface area contributed by atoms with Crippen molar-refractivity contribution in [1.82, 2.24) is 9.78 Å². The van der Waals surface area contributed by atoms with E-state index >= 15 is 0 Å². The van der Waals surface area contributed by atoms with Crippen molar-refractivity contribution in [3.8, 4) is 0 Å². The van der Waals surface area contributed by atoms with Crippen LogP contribution in [0, 0.1) is 0 Å². The zero-order valence-electron chi connectivity index (χ0n) is 10.3. The van der Waals surface area contributed by atoms with Gasteiger partial charge in [0, 0.05) is 50.6 Å². The molecule has 0 amide bonds. The summed E-state index contributed by atoms with van der Waals surface area (Å²) in [7, 11) is 1.91. The highest BCUT2D eigenvalue weighted by Crippen LogP contribution is 2.31. The molecule has 2 rings (SSSR count).